The van der Waals surface area contributed by atoms with Crippen molar-refractivity contribution in [3.8, 4) is 0 Å². The molecule has 20 heavy (non-hydrogen) atoms. The molecular formula is C13H18N6O. The van der Waals surface area contributed by atoms with E-state index < -0.39 is 0 Å². The summed E-state index contributed by atoms with van der Waals surface area (Å²) in [6.07, 6.45) is 1.76. The average Bonchev–Trinajstić information content (AvgIpc) is 2.89. The summed E-state index contributed by atoms with van der Waals surface area (Å²) in [5.41, 5.74) is 0.915. The van der Waals surface area contributed by atoms with Crippen molar-refractivity contribution in [2.75, 3.05) is 6.54 Å². The fourth-order valence-electron chi connectivity index (χ4n) is 1.56. The van der Waals surface area contributed by atoms with E-state index >= 15 is 0 Å². The van der Waals surface area contributed by atoms with Crippen LogP contribution in [0.3, 0.4) is 0 Å². The van der Waals surface area contributed by atoms with Crippen LogP contribution < -0.4 is 10.6 Å². The highest BCUT2D eigenvalue weighted by atomic mass is 16.5. The van der Waals surface area contributed by atoms with Crippen LogP contribution in [-0.2, 0) is 13.1 Å². The van der Waals surface area contributed by atoms with Gasteiger partial charge >= 0.3 is 0 Å². The van der Waals surface area contributed by atoms with E-state index in [0.717, 1.165) is 12.2 Å². The van der Waals surface area contributed by atoms with Gasteiger partial charge in [-0.2, -0.15) is 4.98 Å². The fraction of sp³-hybridized carbons (Fsp3) is 0.385. The summed E-state index contributed by atoms with van der Waals surface area (Å²) in [5.74, 6) is 1.84. The Balaban J connectivity index is 1.92. The zero-order chi connectivity index (χ0) is 14.2. The van der Waals surface area contributed by atoms with Crippen LogP contribution >= 0.6 is 0 Å². The van der Waals surface area contributed by atoms with Gasteiger partial charge in [-0.25, -0.2) is 4.99 Å². The van der Waals surface area contributed by atoms with Crippen LogP contribution in [0, 0.1) is 6.92 Å². The number of pyridine rings is 1. The molecule has 0 aliphatic rings. The SMILES string of the molecule is CCNC(=NCc1ccccn1)NCc1nc(C)no1. The average molecular weight is 274 g/mol. The monoisotopic (exact) mass is 274 g/mol. The van der Waals surface area contributed by atoms with Crippen LogP contribution in [-0.4, -0.2) is 27.6 Å². The molecule has 7 heteroatoms. The van der Waals surface area contributed by atoms with E-state index in [-0.39, 0.29) is 0 Å². The maximum atomic E-state index is 5.04. The first kappa shape index (κ1) is 14.0. The molecule has 0 spiro atoms. The molecule has 2 aromatic heterocycles. The minimum absolute atomic E-state index is 0.439. The van der Waals surface area contributed by atoms with Gasteiger partial charge in [-0.1, -0.05) is 11.2 Å². The second kappa shape index (κ2) is 7.22. The van der Waals surface area contributed by atoms with Crippen LogP contribution in [0.25, 0.3) is 0 Å². The van der Waals surface area contributed by atoms with Gasteiger partial charge in [0.15, 0.2) is 11.8 Å². The van der Waals surface area contributed by atoms with E-state index in [1.807, 2.05) is 25.1 Å². The zero-order valence-electron chi connectivity index (χ0n) is 11.6. The smallest absolute Gasteiger partial charge is 0.246 e. The molecule has 0 fully saturated rings. The summed E-state index contributed by atoms with van der Waals surface area (Å²) < 4.78 is 5.04. The van der Waals surface area contributed by atoms with Gasteiger partial charge in [0.25, 0.3) is 0 Å². The standard InChI is InChI=1S/C13H18N6O/c1-3-14-13(16-8-11-6-4-5-7-15-11)17-9-12-18-10(2)19-20-12/h4-7H,3,8-9H2,1-2H3,(H2,14,16,17). The van der Waals surface area contributed by atoms with Crippen molar-refractivity contribution in [3.63, 3.8) is 0 Å². The highest BCUT2D eigenvalue weighted by molar-refractivity contribution is 5.79. The maximum absolute atomic E-state index is 5.04. The first-order valence-electron chi connectivity index (χ1n) is 6.49. The van der Waals surface area contributed by atoms with Gasteiger partial charge in [-0.05, 0) is 26.0 Å². The van der Waals surface area contributed by atoms with Gasteiger partial charge < -0.3 is 15.2 Å². The van der Waals surface area contributed by atoms with Gasteiger partial charge in [-0.3, -0.25) is 4.98 Å². The molecule has 0 amide bonds. The second-order valence-corrected chi connectivity index (χ2v) is 4.11. The van der Waals surface area contributed by atoms with Crippen molar-refractivity contribution in [2.45, 2.75) is 26.9 Å². The molecule has 7 nitrogen and oxygen atoms in total. The topological polar surface area (TPSA) is 88.2 Å². The summed E-state index contributed by atoms with van der Waals surface area (Å²) in [4.78, 5) is 12.8. The highest BCUT2D eigenvalue weighted by Gasteiger charge is 2.04. The predicted molar refractivity (Wildman–Crippen MR) is 74.9 cm³/mol. The van der Waals surface area contributed by atoms with Crippen LogP contribution in [0.5, 0.6) is 0 Å². The summed E-state index contributed by atoms with van der Waals surface area (Å²) in [6, 6.07) is 5.77. The number of rotatable bonds is 5. The Labute approximate surface area is 117 Å². The predicted octanol–water partition coefficient (Wildman–Crippen LogP) is 1.03. The number of aromatic nitrogens is 3. The minimum Gasteiger partial charge on any atom is -0.357 e. The Kier molecular flexibility index (Phi) is 5.05. The Morgan fingerprint density at radius 3 is 2.90 bits per heavy atom. The Hall–Kier alpha value is -2.44. The number of hydrogen-bond donors (Lipinski definition) is 2. The Morgan fingerprint density at radius 2 is 2.25 bits per heavy atom. The van der Waals surface area contributed by atoms with Crippen molar-refractivity contribution in [3.05, 3.63) is 41.8 Å². The number of hydrogen-bond acceptors (Lipinski definition) is 5. The van der Waals surface area contributed by atoms with E-state index in [4.69, 9.17) is 4.52 Å². The summed E-state index contributed by atoms with van der Waals surface area (Å²) in [5, 5.41) is 10.0. The van der Waals surface area contributed by atoms with Gasteiger partial charge in [0.1, 0.15) is 0 Å². The van der Waals surface area contributed by atoms with Gasteiger partial charge in [0.2, 0.25) is 5.89 Å². The molecule has 106 valence electrons. The van der Waals surface area contributed by atoms with Gasteiger partial charge in [-0.15, -0.1) is 0 Å². The number of guanidine groups is 1. The number of aryl methyl sites for hydroxylation is 1. The van der Waals surface area contributed by atoms with Crippen LogP contribution in [0.2, 0.25) is 0 Å². The molecule has 0 aliphatic heterocycles. The third-order valence-electron chi connectivity index (χ3n) is 2.45. The molecule has 0 atom stereocenters. The minimum atomic E-state index is 0.439. The molecule has 0 saturated carbocycles. The Bertz CT molecular complexity index is 551. The summed E-state index contributed by atoms with van der Waals surface area (Å²) >= 11 is 0. The second-order valence-electron chi connectivity index (χ2n) is 4.11. The molecule has 0 saturated heterocycles. The third kappa shape index (κ3) is 4.34. The van der Waals surface area contributed by atoms with E-state index in [2.05, 4.69) is 30.8 Å². The van der Waals surface area contributed by atoms with Crippen LogP contribution in [0.4, 0.5) is 0 Å². The number of nitrogens with zero attached hydrogens (tertiary/aromatic N) is 4. The molecule has 0 unspecified atom stereocenters. The largest absolute Gasteiger partial charge is 0.357 e. The van der Waals surface area contributed by atoms with Crippen molar-refractivity contribution in [1.82, 2.24) is 25.8 Å². The molecule has 2 N–H and O–H groups in total. The lowest BCUT2D eigenvalue weighted by molar-refractivity contribution is 0.371. The van der Waals surface area contributed by atoms with E-state index in [9.17, 15) is 0 Å². The van der Waals surface area contributed by atoms with Crippen molar-refractivity contribution < 1.29 is 4.52 Å². The van der Waals surface area contributed by atoms with Crippen molar-refractivity contribution in [2.24, 2.45) is 4.99 Å². The van der Waals surface area contributed by atoms with E-state index in [1.165, 1.54) is 0 Å². The molecule has 2 heterocycles. The fourth-order valence-corrected chi connectivity index (χ4v) is 1.56. The first-order valence-corrected chi connectivity index (χ1v) is 6.49. The molecule has 0 aromatic carbocycles. The van der Waals surface area contributed by atoms with E-state index in [1.54, 1.807) is 13.1 Å². The summed E-state index contributed by atoms with van der Waals surface area (Å²) in [6.45, 7) is 5.52. The quantitative estimate of drug-likeness (QED) is 0.625. The Morgan fingerprint density at radius 1 is 1.35 bits per heavy atom. The molecule has 0 aliphatic carbocycles. The van der Waals surface area contributed by atoms with Crippen molar-refractivity contribution >= 4 is 5.96 Å². The molecule has 0 radical (unpaired) electrons. The normalized spacial score (nSPS) is 11.4. The number of aliphatic imine (C=N–C) groups is 1. The number of nitrogens with one attached hydrogen (secondary N) is 2. The maximum Gasteiger partial charge on any atom is 0.246 e. The van der Waals surface area contributed by atoms with Crippen molar-refractivity contribution in [1.29, 1.82) is 0 Å². The summed E-state index contributed by atoms with van der Waals surface area (Å²) in [7, 11) is 0. The molecule has 2 rings (SSSR count). The lowest BCUT2D eigenvalue weighted by Gasteiger charge is -2.09. The zero-order valence-corrected chi connectivity index (χ0v) is 11.6. The van der Waals surface area contributed by atoms with E-state index in [0.29, 0.717) is 30.8 Å². The first-order chi connectivity index (χ1) is 9.78. The lowest BCUT2D eigenvalue weighted by Crippen LogP contribution is -2.36. The lowest BCUT2D eigenvalue weighted by atomic mass is 10.3. The molecule has 2 aromatic rings. The molecule has 0 bridgehead atoms. The highest BCUT2D eigenvalue weighted by Crippen LogP contribution is 1.97. The van der Waals surface area contributed by atoms with Gasteiger partial charge in [0.05, 0.1) is 18.8 Å². The van der Waals surface area contributed by atoms with Crippen LogP contribution in [0.1, 0.15) is 24.3 Å². The van der Waals surface area contributed by atoms with Crippen LogP contribution in [0.15, 0.2) is 33.9 Å². The third-order valence-corrected chi connectivity index (χ3v) is 2.45. The molecular weight excluding hydrogens is 256 g/mol. The van der Waals surface area contributed by atoms with Gasteiger partial charge in [0, 0.05) is 12.7 Å².